The van der Waals surface area contributed by atoms with E-state index in [1.807, 2.05) is 12.1 Å². The third-order valence-electron chi connectivity index (χ3n) is 3.30. The number of hydrogen-bond donors (Lipinski definition) is 1. The highest BCUT2D eigenvalue weighted by Crippen LogP contribution is 2.19. The van der Waals surface area contributed by atoms with E-state index in [0.717, 1.165) is 25.9 Å². The standard InChI is InChI=1S/C13H19N3O/c1-14-13(17)12-4-2-3-9-16(12)10-11-5-7-15-8-6-11/h5-8,12H,2-4,9-10H2,1H3,(H,14,17). The summed E-state index contributed by atoms with van der Waals surface area (Å²) in [4.78, 5) is 18.1. The van der Waals surface area contributed by atoms with Gasteiger partial charge in [0.1, 0.15) is 0 Å². The average molecular weight is 233 g/mol. The zero-order valence-corrected chi connectivity index (χ0v) is 10.2. The van der Waals surface area contributed by atoms with Crippen LogP contribution in [0.3, 0.4) is 0 Å². The highest BCUT2D eigenvalue weighted by atomic mass is 16.2. The third-order valence-corrected chi connectivity index (χ3v) is 3.30. The summed E-state index contributed by atoms with van der Waals surface area (Å²) in [5, 5.41) is 2.76. The lowest BCUT2D eigenvalue weighted by molar-refractivity contribution is -0.127. The van der Waals surface area contributed by atoms with E-state index in [0.29, 0.717) is 0 Å². The van der Waals surface area contributed by atoms with Crippen LogP contribution >= 0.6 is 0 Å². The molecule has 1 unspecified atom stereocenters. The van der Waals surface area contributed by atoms with E-state index in [1.54, 1.807) is 19.4 Å². The van der Waals surface area contributed by atoms with E-state index in [-0.39, 0.29) is 11.9 Å². The van der Waals surface area contributed by atoms with Gasteiger partial charge in [-0.1, -0.05) is 6.42 Å². The number of nitrogens with one attached hydrogen (secondary N) is 1. The normalized spacial score (nSPS) is 21.1. The van der Waals surface area contributed by atoms with Crippen molar-refractivity contribution in [3.63, 3.8) is 0 Å². The summed E-state index contributed by atoms with van der Waals surface area (Å²) in [6.07, 6.45) is 6.89. The molecule has 1 atom stereocenters. The number of aromatic nitrogens is 1. The van der Waals surface area contributed by atoms with Gasteiger partial charge in [0.15, 0.2) is 0 Å². The molecular formula is C13H19N3O. The first kappa shape index (κ1) is 12.0. The van der Waals surface area contributed by atoms with Crippen LogP contribution in [-0.2, 0) is 11.3 Å². The molecule has 2 rings (SSSR count). The molecule has 0 aliphatic carbocycles. The molecule has 0 radical (unpaired) electrons. The lowest BCUT2D eigenvalue weighted by Crippen LogP contribution is -2.48. The van der Waals surface area contributed by atoms with Gasteiger partial charge in [0.25, 0.3) is 0 Å². The fourth-order valence-corrected chi connectivity index (χ4v) is 2.37. The summed E-state index contributed by atoms with van der Waals surface area (Å²) in [6.45, 7) is 1.83. The molecule has 1 aliphatic rings. The highest BCUT2D eigenvalue weighted by molar-refractivity contribution is 5.81. The summed E-state index contributed by atoms with van der Waals surface area (Å²) >= 11 is 0. The lowest BCUT2D eigenvalue weighted by Gasteiger charge is -2.34. The van der Waals surface area contributed by atoms with Crippen LogP contribution in [0.15, 0.2) is 24.5 Å². The van der Waals surface area contributed by atoms with E-state index in [4.69, 9.17) is 0 Å². The number of piperidine rings is 1. The Labute approximate surface area is 102 Å². The maximum Gasteiger partial charge on any atom is 0.237 e. The minimum atomic E-state index is 0.0296. The summed E-state index contributed by atoms with van der Waals surface area (Å²) in [6, 6.07) is 4.05. The number of carbonyl (C=O) groups is 1. The molecule has 1 aromatic heterocycles. The number of nitrogens with zero attached hydrogens (tertiary/aromatic N) is 2. The van der Waals surface area contributed by atoms with Crippen molar-refractivity contribution < 1.29 is 4.79 Å². The van der Waals surface area contributed by atoms with E-state index in [1.165, 1.54) is 12.0 Å². The SMILES string of the molecule is CNC(=O)C1CCCCN1Cc1ccncc1. The van der Waals surface area contributed by atoms with Crippen molar-refractivity contribution in [1.82, 2.24) is 15.2 Å². The molecule has 0 saturated carbocycles. The van der Waals surface area contributed by atoms with Crippen LogP contribution in [0.2, 0.25) is 0 Å². The molecule has 92 valence electrons. The lowest BCUT2D eigenvalue weighted by atomic mass is 10.0. The second-order valence-electron chi connectivity index (χ2n) is 4.45. The number of likely N-dealkylation sites (N-methyl/N-ethyl adjacent to an activating group) is 1. The van der Waals surface area contributed by atoms with Gasteiger partial charge in [-0.25, -0.2) is 0 Å². The van der Waals surface area contributed by atoms with E-state index < -0.39 is 0 Å². The van der Waals surface area contributed by atoms with Gasteiger partial charge in [-0.05, 0) is 37.1 Å². The van der Waals surface area contributed by atoms with Crippen LogP contribution in [0.5, 0.6) is 0 Å². The Kier molecular flexibility index (Phi) is 4.09. The van der Waals surface area contributed by atoms with Gasteiger partial charge in [-0.15, -0.1) is 0 Å². The first-order chi connectivity index (χ1) is 8.31. The first-order valence-corrected chi connectivity index (χ1v) is 6.16. The van der Waals surface area contributed by atoms with Crippen molar-refractivity contribution in [3.05, 3.63) is 30.1 Å². The second kappa shape index (κ2) is 5.77. The van der Waals surface area contributed by atoms with Gasteiger partial charge < -0.3 is 5.32 Å². The Morgan fingerprint density at radius 2 is 2.24 bits per heavy atom. The van der Waals surface area contributed by atoms with E-state index >= 15 is 0 Å². The van der Waals surface area contributed by atoms with Gasteiger partial charge in [-0.3, -0.25) is 14.7 Å². The summed E-state index contributed by atoms with van der Waals surface area (Å²) < 4.78 is 0. The third kappa shape index (κ3) is 3.03. The molecule has 1 aromatic rings. The molecule has 0 spiro atoms. The monoisotopic (exact) mass is 233 g/mol. The molecule has 1 fully saturated rings. The number of hydrogen-bond acceptors (Lipinski definition) is 3. The van der Waals surface area contributed by atoms with E-state index in [2.05, 4.69) is 15.2 Å². The second-order valence-corrected chi connectivity index (χ2v) is 4.45. The van der Waals surface area contributed by atoms with Crippen molar-refractivity contribution in [2.45, 2.75) is 31.8 Å². The zero-order valence-electron chi connectivity index (χ0n) is 10.2. The maximum absolute atomic E-state index is 11.8. The van der Waals surface area contributed by atoms with E-state index in [9.17, 15) is 4.79 Å². The fourth-order valence-electron chi connectivity index (χ4n) is 2.37. The average Bonchev–Trinajstić information content (AvgIpc) is 2.40. The number of amides is 1. The molecule has 2 heterocycles. The summed E-state index contributed by atoms with van der Waals surface area (Å²) in [5.41, 5.74) is 1.22. The molecule has 4 heteroatoms. The zero-order chi connectivity index (χ0) is 12.1. The van der Waals surface area contributed by atoms with Crippen LogP contribution in [0.4, 0.5) is 0 Å². The highest BCUT2D eigenvalue weighted by Gasteiger charge is 2.27. The van der Waals surface area contributed by atoms with Crippen molar-refractivity contribution in [2.24, 2.45) is 0 Å². The van der Waals surface area contributed by atoms with Gasteiger partial charge in [0.05, 0.1) is 6.04 Å². The molecular weight excluding hydrogens is 214 g/mol. The number of pyridine rings is 1. The van der Waals surface area contributed by atoms with Crippen LogP contribution in [0.25, 0.3) is 0 Å². The summed E-state index contributed by atoms with van der Waals surface area (Å²) in [5.74, 6) is 0.138. The molecule has 1 amide bonds. The largest absolute Gasteiger partial charge is 0.358 e. The minimum Gasteiger partial charge on any atom is -0.358 e. The summed E-state index contributed by atoms with van der Waals surface area (Å²) in [7, 11) is 1.71. The maximum atomic E-state index is 11.8. The smallest absolute Gasteiger partial charge is 0.237 e. The van der Waals surface area contributed by atoms with Crippen LogP contribution in [0, 0.1) is 0 Å². The van der Waals surface area contributed by atoms with Crippen LogP contribution in [-0.4, -0.2) is 35.4 Å². The fraction of sp³-hybridized carbons (Fsp3) is 0.538. The number of carbonyl (C=O) groups excluding carboxylic acids is 1. The molecule has 4 nitrogen and oxygen atoms in total. The van der Waals surface area contributed by atoms with Crippen molar-refractivity contribution >= 4 is 5.91 Å². The quantitative estimate of drug-likeness (QED) is 0.852. The molecule has 17 heavy (non-hydrogen) atoms. The first-order valence-electron chi connectivity index (χ1n) is 6.16. The van der Waals surface area contributed by atoms with Gasteiger partial charge in [-0.2, -0.15) is 0 Å². The Morgan fingerprint density at radius 3 is 2.94 bits per heavy atom. The van der Waals surface area contributed by atoms with Gasteiger partial charge >= 0.3 is 0 Å². The number of likely N-dealkylation sites (tertiary alicyclic amines) is 1. The minimum absolute atomic E-state index is 0.0296. The Hall–Kier alpha value is -1.42. The molecule has 0 bridgehead atoms. The van der Waals surface area contributed by atoms with Crippen LogP contribution in [0.1, 0.15) is 24.8 Å². The molecule has 1 aliphatic heterocycles. The number of rotatable bonds is 3. The van der Waals surface area contributed by atoms with Gasteiger partial charge in [0, 0.05) is 26.0 Å². The topological polar surface area (TPSA) is 45.2 Å². The molecule has 1 N–H and O–H groups in total. The van der Waals surface area contributed by atoms with Crippen LogP contribution < -0.4 is 5.32 Å². The molecule has 1 saturated heterocycles. The predicted molar refractivity (Wildman–Crippen MR) is 66.4 cm³/mol. The van der Waals surface area contributed by atoms with Crippen molar-refractivity contribution in [2.75, 3.05) is 13.6 Å². The predicted octanol–water partition coefficient (Wildman–Crippen LogP) is 1.18. The molecule has 0 aromatic carbocycles. The van der Waals surface area contributed by atoms with Crippen molar-refractivity contribution in [1.29, 1.82) is 0 Å². The Balaban J connectivity index is 2.04. The Morgan fingerprint density at radius 1 is 1.47 bits per heavy atom. The van der Waals surface area contributed by atoms with Gasteiger partial charge in [0.2, 0.25) is 5.91 Å². The Bertz CT molecular complexity index is 366. The van der Waals surface area contributed by atoms with Crippen molar-refractivity contribution in [3.8, 4) is 0 Å².